The average molecular weight is 499 g/mol. The van der Waals surface area contributed by atoms with E-state index in [4.69, 9.17) is 4.74 Å². The van der Waals surface area contributed by atoms with Gasteiger partial charge in [-0.1, -0.05) is 39.7 Å². The first-order valence-corrected chi connectivity index (χ1v) is 14.8. The van der Waals surface area contributed by atoms with Gasteiger partial charge >= 0.3 is 0 Å². The monoisotopic (exact) mass is 498 g/mol. The highest BCUT2D eigenvalue weighted by Gasteiger charge is 2.25. The molecular formula is C29H42N2O3S. The molecule has 35 heavy (non-hydrogen) atoms. The van der Waals surface area contributed by atoms with E-state index in [0.29, 0.717) is 34.1 Å². The van der Waals surface area contributed by atoms with Gasteiger partial charge in [0.25, 0.3) is 0 Å². The molecule has 0 N–H and O–H groups in total. The number of fused-ring (bicyclic) bond motifs is 1. The summed E-state index contributed by atoms with van der Waals surface area (Å²) in [6.07, 6.45) is 12.8. The van der Waals surface area contributed by atoms with E-state index in [1.807, 2.05) is 41.9 Å². The highest BCUT2D eigenvalue weighted by Crippen LogP contribution is 2.31. The number of aryl methyl sites for hydroxylation is 1. The Bertz CT molecular complexity index is 1130. The predicted octanol–water partition coefficient (Wildman–Crippen LogP) is 6.79. The number of ether oxygens (including phenoxy) is 1. The third kappa shape index (κ3) is 7.34. The first kappa shape index (κ1) is 27.3. The third-order valence-electron chi connectivity index (χ3n) is 6.54. The molecule has 0 aliphatic rings. The van der Waals surface area contributed by atoms with Gasteiger partial charge in [-0.25, -0.2) is 8.42 Å². The van der Waals surface area contributed by atoms with Crippen LogP contribution in [-0.2, 0) is 16.3 Å². The van der Waals surface area contributed by atoms with E-state index in [0.717, 1.165) is 18.4 Å². The van der Waals surface area contributed by atoms with Crippen LogP contribution in [0.4, 0.5) is 0 Å². The summed E-state index contributed by atoms with van der Waals surface area (Å²) in [6.45, 7) is 10.7. The Morgan fingerprint density at radius 1 is 0.829 bits per heavy atom. The van der Waals surface area contributed by atoms with Crippen LogP contribution >= 0.6 is 0 Å². The summed E-state index contributed by atoms with van der Waals surface area (Å²) in [5, 5.41) is 0. The van der Waals surface area contributed by atoms with Crippen molar-refractivity contribution in [3.63, 3.8) is 0 Å². The van der Waals surface area contributed by atoms with Gasteiger partial charge in [-0.15, -0.1) is 0 Å². The standard InChI is InChI=1S/C29H42N2O3S/c1-4-7-19-30(20-8-5-2)21-11-9-13-23-34-26-15-17-27(18-16-26)35(32,33)29-25(6-3)24-31-22-12-10-14-28(29)31/h10,12,14-18,22,24H,4-9,11,13,19-21,23H2,1-3H3. The Hall–Kier alpha value is -2.31. The van der Waals surface area contributed by atoms with Gasteiger partial charge in [-0.2, -0.15) is 0 Å². The molecule has 2 aromatic heterocycles. The quantitative estimate of drug-likeness (QED) is 0.204. The normalized spacial score (nSPS) is 12.0. The number of unbranched alkanes of at least 4 members (excludes halogenated alkanes) is 4. The molecule has 5 nitrogen and oxygen atoms in total. The molecule has 0 unspecified atom stereocenters. The molecule has 0 bridgehead atoms. The zero-order valence-electron chi connectivity index (χ0n) is 21.7. The van der Waals surface area contributed by atoms with Crippen molar-refractivity contribution >= 4 is 15.4 Å². The first-order valence-electron chi connectivity index (χ1n) is 13.3. The summed E-state index contributed by atoms with van der Waals surface area (Å²) in [7, 11) is -3.62. The van der Waals surface area contributed by atoms with Crippen LogP contribution in [0, 0.1) is 0 Å². The minimum Gasteiger partial charge on any atom is -0.494 e. The minimum absolute atomic E-state index is 0.302. The first-order chi connectivity index (χ1) is 17.0. The van der Waals surface area contributed by atoms with Gasteiger partial charge in [-0.3, -0.25) is 0 Å². The average Bonchev–Trinajstić information content (AvgIpc) is 3.27. The van der Waals surface area contributed by atoms with Gasteiger partial charge in [0.15, 0.2) is 0 Å². The molecule has 0 fully saturated rings. The zero-order valence-corrected chi connectivity index (χ0v) is 22.5. The molecule has 0 spiro atoms. The molecule has 0 saturated carbocycles. The molecule has 3 rings (SSSR count). The van der Waals surface area contributed by atoms with Crippen LogP contribution < -0.4 is 4.74 Å². The molecule has 0 saturated heterocycles. The van der Waals surface area contributed by atoms with E-state index in [1.54, 1.807) is 24.3 Å². The number of sulfone groups is 1. The lowest BCUT2D eigenvalue weighted by Gasteiger charge is -2.21. The largest absolute Gasteiger partial charge is 0.494 e. The maximum absolute atomic E-state index is 13.5. The summed E-state index contributed by atoms with van der Waals surface area (Å²) < 4.78 is 34.7. The summed E-state index contributed by atoms with van der Waals surface area (Å²) >= 11 is 0. The lowest BCUT2D eigenvalue weighted by Crippen LogP contribution is -2.27. The third-order valence-corrected chi connectivity index (χ3v) is 8.44. The summed E-state index contributed by atoms with van der Waals surface area (Å²) in [5.41, 5.74) is 1.55. The molecule has 2 heterocycles. The molecular weight excluding hydrogens is 456 g/mol. The molecule has 0 aliphatic heterocycles. The molecule has 3 aromatic rings. The fraction of sp³-hybridized carbons (Fsp3) is 0.517. The maximum Gasteiger partial charge on any atom is 0.208 e. The fourth-order valence-corrected chi connectivity index (χ4v) is 6.17. The lowest BCUT2D eigenvalue weighted by atomic mass is 10.2. The van der Waals surface area contributed by atoms with Crippen LogP contribution in [0.1, 0.15) is 71.3 Å². The molecule has 6 heteroatoms. The van der Waals surface area contributed by atoms with E-state index in [-0.39, 0.29) is 0 Å². The molecule has 0 amide bonds. The summed E-state index contributed by atoms with van der Waals surface area (Å²) in [6, 6.07) is 12.5. The number of hydrogen-bond acceptors (Lipinski definition) is 4. The van der Waals surface area contributed by atoms with Crippen molar-refractivity contribution < 1.29 is 13.2 Å². The topological polar surface area (TPSA) is 51.0 Å². The second kappa shape index (κ2) is 13.7. The van der Waals surface area contributed by atoms with Gasteiger partial charge in [0.1, 0.15) is 10.6 Å². The van der Waals surface area contributed by atoms with Gasteiger partial charge in [-0.05, 0) is 100 Å². The molecule has 1 aromatic carbocycles. The number of pyridine rings is 1. The second-order valence-corrected chi connectivity index (χ2v) is 11.1. The van der Waals surface area contributed by atoms with E-state index in [2.05, 4.69) is 18.7 Å². The summed E-state index contributed by atoms with van der Waals surface area (Å²) in [4.78, 5) is 3.31. The molecule has 0 aliphatic carbocycles. The molecule has 0 radical (unpaired) electrons. The smallest absolute Gasteiger partial charge is 0.208 e. The summed E-state index contributed by atoms with van der Waals surface area (Å²) in [5.74, 6) is 0.717. The van der Waals surface area contributed by atoms with Crippen LogP contribution in [0.25, 0.3) is 5.52 Å². The predicted molar refractivity (Wildman–Crippen MR) is 144 cm³/mol. The van der Waals surface area contributed by atoms with Crippen LogP contribution in [0.15, 0.2) is 64.6 Å². The Kier molecular flexibility index (Phi) is 10.7. The highest BCUT2D eigenvalue weighted by molar-refractivity contribution is 7.91. The van der Waals surface area contributed by atoms with Crippen molar-refractivity contribution in [2.45, 2.75) is 81.9 Å². The second-order valence-electron chi connectivity index (χ2n) is 9.26. The number of nitrogens with zero attached hydrogens (tertiary/aromatic N) is 2. The minimum atomic E-state index is -3.62. The van der Waals surface area contributed by atoms with Gasteiger partial charge in [0.2, 0.25) is 9.84 Å². The molecule has 0 atom stereocenters. The fourth-order valence-electron chi connectivity index (χ4n) is 4.45. The Labute approximate surface area is 212 Å². The zero-order chi connectivity index (χ0) is 25.1. The maximum atomic E-state index is 13.5. The van der Waals surface area contributed by atoms with E-state index >= 15 is 0 Å². The number of aromatic nitrogens is 1. The van der Waals surface area contributed by atoms with E-state index in [9.17, 15) is 8.42 Å². The van der Waals surface area contributed by atoms with Crippen molar-refractivity contribution in [2.75, 3.05) is 26.2 Å². The van der Waals surface area contributed by atoms with Crippen molar-refractivity contribution in [1.29, 1.82) is 0 Å². The Morgan fingerprint density at radius 3 is 2.17 bits per heavy atom. The van der Waals surface area contributed by atoms with Crippen LogP contribution in [0.5, 0.6) is 5.75 Å². The number of rotatable bonds is 16. The molecule has 192 valence electrons. The lowest BCUT2D eigenvalue weighted by molar-refractivity contribution is 0.252. The van der Waals surface area contributed by atoms with Crippen LogP contribution in [0.2, 0.25) is 0 Å². The van der Waals surface area contributed by atoms with Crippen molar-refractivity contribution in [2.24, 2.45) is 0 Å². The Balaban J connectivity index is 1.52. The SMILES string of the molecule is CCCCN(CCCC)CCCCCOc1ccc(S(=O)(=O)c2c(CC)cn3ccccc23)cc1. The van der Waals surface area contributed by atoms with Crippen molar-refractivity contribution in [3.8, 4) is 5.75 Å². The van der Waals surface area contributed by atoms with E-state index < -0.39 is 9.84 Å². The number of benzene rings is 1. The number of hydrogen-bond donors (Lipinski definition) is 0. The highest BCUT2D eigenvalue weighted by atomic mass is 32.2. The Morgan fingerprint density at radius 2 is 1.51 bits per heavy atom. The van der Waals surface area contributed by atoms with Crippen molar-refractivity contribution in [3.05, 3.63) is 60.4 Å². The van der Waals surface area contributed by atoms with Crippen LogP contribution in [-0.4, -0.2) is 44.0 Å². The van der Waals surface area contributed by atoms with Gasteiger partial charge in [0, 0.05) is 12.4 Å². The van der Waals surface area contributed by atoms with Gasteiger partial charge in [0.05, 0.1) is 17.0 Å². The van der Waals surface area contributed by atoms with Crippen molar-refractivity contribution in [1.82, 2.24) is 9.30 Å². The van der Waals surface area contributed by atoms with E-state index in [1.165, 1.54) is 51.7 Å². The van der Waals surface area contributed by atoms with Gasteiger partial charge < -0.3 is 14.0 Å². The van der Waals surface area contributed by atoms with Crippen LogP contribution in [0.3, 0.4) is 0 Å².